The summed E-state index contributed by atoms with van der Waals surface area (Å²) < 4.78 is 5.22. The first-order chi connectivity index (χ1) is 8.58. The lowest BCUT2D eigenvalue weighted by molar-refractivity contribution is -0.386. The van der Waals surface area contributed by atoms with Crippen molar-refractivity contribution in [3.05, 3.63) is 27.9 Å². The van der Waals surface area contributed by atoms with Gasteiger partial charge in [-0.3, -0.25) is 10.1 Å². The van der Waals surface area contributed by atoms with Gasteiger partial charge in [0.05, 0.1) is 11.5 Å². The summed E-state index contributed by atoms with van der Waals surface area (Å²) in [7, 11) is 0. The van der Waals surface area contributed by atoms with E-state index >= 15 is 0 Å². The lowest BCUT2D eigenvalue weighted by Gasteiger charge is -2.05. The highest BCUT2D eigenvalue weighted by atomic mass is 16.6. The van der Waals surface area contributed by atoms with Crippen LogP contribution in [-0.2, 0) is 0 Å². The Hall–Kier alpha value is -2.18. The number of ether oxygens (including phenoxy) is 1. The Balaban J connectivity index is 2.13. The van der Waals surface area contributed by atoms with E-state index in [4.69, 9.17) is 9.84 Å². The van der Waals surface area contributed by atoms with Crippen LogP contribution >= 0.6 is 0 Å². The smallest absolute Gasteiger partial charge is 0.354 e. The molecule has 1 aromatic heterocycles. The van der Waals surface area contributed by atoms with Crippen LogP contribution in [0.15, 0.2) is 12.1 Å². The molecule has 2 rings (SSSR count). The summed E-state index contributed by atoms with van der Waals surface area (Å²) in [5.41, 5.74) is -0.571. The maximum absolute atomic E-state index is 10.8. The standard InChI is InChI=1S/C11H12N2O5/c14-11(15)8-3-4-9(13(16)17)10(12-8)18-6-5-7-1-2-7/h3-4,7H,1-2,5-6H2,(H,14,15). The van der Waals surface area contributed by atoms with E-state index in [0.29, 0.717) is 12.5 Å². The van der Waals surface area contributed by atoms with E-state index < -0.39 is 10.9 Å². The van der Waals surface area contributed by atoms with Gasteiger partial charge in [-0.05, 0) is 18.4 Å². The average Bonchev–Trinajstić information content (AvgIpc) is 3.12. The van der Waals surface area contributed by atoms with E-state index in [1.165, 1.54) is 0 Å². The molecule has 0 bridgehead atoms. The molecule has 1 aliphatic carbocycles. The Morgan fingerprint density at radius 3 is 2.83 bits per heavy atom. The lowest BCUT2D eigenvalue weighted by Crippen LogP contribution is -2.07. The zero-order valence-corrected chi connectivity index (χ0v) is 9.54. The molecule has 96 valence electrons. The zero-order chi connectivity index (χ0) is 13.1. The van der Waals surface area contributed by atoms with Crippen LogP contribution in [0.2, 0.25) is 0 Å². The zero-order valence-electron chi connectivity index (χ0n) is 9.54. The number of hydrogen-bond acceptors (Lipinski definition) is 5. The van der Waals surface area contributed by atoms with Gasteiger partial charge in [-0.25, -0.2) is 9.78 Å². The number of aromatic nitrogens is 1. The van der Waals surface area contributed by atoms with Crippen molar-refractivity contribution in [2.45, 2.75) is 19.3 Å². The molecule has 7 heteroatoms. The largest absolute Gasteiger partial charge is 0.477 e. The monoisotopic (exact) mass is 252 g/mol. The average molecular weight is 252 g/mol. The third-order valence-corrected chi connectivity index (χ3v) is 2.72. The number of aromatic carboxylic acids is 1. The first kappa shape index (κ1) is 12.3. The number of hydrogen-bond donors (Lipinski definition) is 1. The van der Waals surface area contributed by atoms with Gasteiger partial charge in [-0.1, -0.05) is 12.8 Å². The Morgan fingerprint density at radius 2 is 2.28 bits per heavy atom. The fourth-order valence-corrected chi connectivity index (χ4v) is 1.53. The van der Waals surface area contributed by atoms with E-state index in [2.05, 4.69) is 4.98 Å². The highest BCUT2D eigenvalue weighted by molar-refractivity contribution is 5.85. The van der Waals surface area contributed by atoms with Crippen LogP contribution in [-0.4, -0.2) is 27.6 Å². The minimum Gasteiger partial charge on any atom is -0.477 e. The summed E-state index contributed by atoms with van der Waals surface area (Å²) in [5.74, 6) is -0.829. The molecule has 0 saturated heterocycles. The maximum atomic E-state index is 10.8. The summed E-state index contributed by atoms with van der Waals surface area (Å²) in [6, 6.07) is 2.19. The van der Waals surface area contributed by atoms with Gasteiger partial charge in [0, 0.05) is 6.07 Å². The van der Waals surface area contributed by atoms with Crippen LogP contribution in [0, 0.1) is 16.0 Å². The molecular formula is C11H12N2O5. The molecular weight excluding hydrogens is 240 g/mol. The van der Waals surface area contributed by atoms with Gasteiger partial charge in [0.25, 0.3) is 5.88 Å². The molecule has 0 aromatic carbocycles. The van der Waals surface area contributed by atoms with Crippen molar-refractivity contribution < 1.29 is 19.6 Å². The predicted octanol–water partition coefficient (Wildman–Crippen LogP) is 1.87. The number of pyridine rings is 1. The Labute approximate surface area is 103 Å². The second kappa shape index (κ2) is 4.99. The fourth-order valence-electron chi connectivity index (χ4n) is 1.53. The second-order valence-electron chi connectivity index (χ2n) is 4.16. The van der Waals surface area contributed by atoms with Gasteiger partial charge >= 0.3 is 11.7 Å². The highest BCUT2D eigenvalue weighted by Crippen LogP contribution is 2.33. The van der Waals surface area contributed by atoms with Gasteiger partial charge in [0.15, 0.2) is 5.69 Å². The number of nitrogens with zero attached hydrogens (tertiary/aromatic N) is 2. The normalized spacial score (nSPS) is 14.2. The van der Waals surface area contributed by atoms with Crippen molar-refractivity contribution in [3.8, 4) is 5.88 Å². The van der Waals surface area contributed by atoms with Crippen molar-refractivity contribution in [3.63, 3.8) is 0 Å². The maximum Gasteiger partial charge on any atom is 0.354 e. The van der Waals surface area contributed by atoms with Gasteiger partial charge in [-0.2, -0.15) is 0 Å². The van der Waals surface area contributed by atoms with E-state index in [1.54, 1.807) is 0 Å². The molecule has 0 amide bonds. The van der Waals surface area contributed by atoms with Gasteiger partial charge in [0.1, 0.15) is 0 Å². The highest BCUT2D eigenvalue weighted by Gasteiger charge is 2.23. The number of rotatable bonds is 6. The van der Waals surface area contributed by atoms with Crippen molar-refractivity contribution in [2.75, 3.05) is 6.61 Å². The third-order valence-electron chi connectivity index (χ3n) is 2.72. The Kier molecular flexibility index (Phi) is 3.40. The molecule has 0 aliphatic heterocycles. The molecule has 0 spiro atoms. The Morgan fingerprint density at radius 1 is 1.56 bits per heavy atom. The number of carboxylic acid groups (broad SMARTS) is 1. The Bertz CT molecular complexity index is 484. The van der Waals surface area contributed by atoms with Crippen molar-refractivity contribution in [1.82, 2.24) is 4.98 Å². The van der Waals surface area contributed by atoms with Crippen LogP contribution in [0.4, 0.5) is 5.69 Å². The molecule has 1 aliphatic rings. The van der Waals surface area contributed by atoms with Crippen LogP contribution in [0.1, 0.15) is 29.8 Å². The summed E-state index contributed by atoms with van der Waals surface area (Å²) in [6.45, 7) is 0.321. The first-order valence-electron chi connectivity index (χ1n) is 5.59. The van der Waals surface area contributed by atoms with E-state index in [0.717, 1.165) is 31.4 Å². The summed E-state index contributed by atoms with van der Waals surface area (Å²) in [6.07, 6.45) is 3.14. The van der Waals surface area contributed by atoms with Crippen molar-refractivity contribution in [2.24, 2.45) is 5.92 Å². The second-order valence-corrected chi connectivity index (χ2v) is 4.16. The molecule has 1 aromatic rings. The van der Waals surface area contributed by atoms with E-state index in [-0.39, 0.29) is 17.3 Å². The van der Waals surface area contributed by atoms with E-state index in [9.17, 15) is 14.9 Å². The quantitative estimate of drug-likeness (QED) is 0.612. The van der Waals surface area contributed by atoms with Crippen LogP contribution < -0.4 is 4.74 Å². The van der Waals surface area contributed by atoms with Gasteiger partial charge in [-0.15, -0.1) is 0 Å². The first-order valence-corrected chi connectivity index (χ1v) is 5.59. The topological polar surface area (TPSA) is 103 Å². The minimum absolute atomic E-state index is 0.222. The van der Waals surface area contributed by atoms with E-state index in [1.807, 2.05) is 0 Å². The number of nitro groups is 1. The molecule has 0 radical (unpaired) electrons. The molecule has 18 heavy (non-hydrogen) atoms. The third kappa shape index (κ3) is 2.93. The molecule has 7 nitrogen and oxygen atoms in total. The fraction of sp³-hybridized carbons (Fsp3) is 0.455. The van der Waals surface area contributed by atoms with Crippen LogP contribution in [0.3, 0.4) is 0 Å². The van der Waals surface area contributed by atoms with Crippen molar-refractivity contribution in [1.29, 1.82) is 0 Å². The molecule has 1 saturated carbocycles. The number of carboxylic acids is 1. The predicted molar refractivity (Wildman–Crippen MR) is 60.7 cm³/mol. The summed E-state index contributed by atoms with van der Waals surface area (Å²) in [4.78, 5) is 24.5. The van der Waals surface area contributed by atoms with Gasteiger partial charge < -0.3 is 9.84 Å². The van der Waals surface area contributed by atoms with Crippen LogP contribution in [0.25, 0.3) is 0 Å². The summed E-state index contributed by atoms with van der Waals surface area (Å²) >= 11 is 0. The minimum atomic E-state index is -1.24. The molecule has 0 unspecified atom stereocenters. The lowest BCUT2D eigenvalue weighted by atomic mass is 10.3. The van der Waals surface area contributed by atoms with Crippen molar-refractivity contribution >= 4 is 11.7 Å². The molecule has 1 heterocycles. The molecule has 0 atom stereocenters. The van der Waals surface area contributed by atoms with Gasteiger partial charge in [0.2, 0.25) is 0 Å². The van der Waals surface area contributed by atoms with Crippen LogP contribution in [0.5, 0.6) is 5.88 Å². The molecule has 1 N–H and O–H groups in total. The number of carbonyl (C=O) groups is 1. The SMILES string of the molecule is O=C(O)c1ccc([N+](=O)[O-])c(OCCC2CC2)n1. The summed E-state index contributed by atoms with van der Waals surface area (Å²) in [5, 5.41) is 19.5. The molecule has 1 fully saturated rings.